The lowest BCUT2D eigenvalue weighted by Crippen LogP contribution is -2.18. The number of sulfone groups is 1. The second-order valence-corrected chi connectivity index (χ2v) is 7.65. The van der Waals surface area contributed by atoms with Crippen LogP contribution in [0.1, 0.15) is 30.6 Å². The van der Waals surface area contributed by atoms with E-state index < -0.39 is 9.84 Å². The number of rotatable bonds is 7. The van der Waals surface area contributed by atoms with E-state index >= 15 is 0 Å². The van der Waals surface area contributed by atoms with E-state index in [9.17, 15) is 13.2 Å². The lowest BCUT2D eigenvalue weighted by Gasteiger charge is -2.13. The molecule has 0 aromatic heterocycles. The van der Waals surface area contributed by atoms with Crippen LogP contribution in [-0.4, -0.2) is 32.3 Å². The first-order valence-corrected chi connectivity index (χ1v) is 8.81. The Morgan fingerprint density at radius 1 is 1.35 bits per heavy atom. The number of carbonyl (C=O) groups excluding carboxylic acids is 1. The maximum atomic E-state index is 11.6. The van der Waals surface area contributed by atoms with Crippen molar-refractivity contribution in [3.05, 3.63) is 22.2 Å². The topological polar surface area (TPSA) is 86.5 Å². The highest BCUT2D eigenvalue weighted by atomic mass is 79.9. The number of hydrogen-bond donors (Lipinski definition) is 1. The molecule has 0 saturated carbocycles. The molecule has 0 heterocycles. The Kier molecular flexibility index (Phi) is 6.01. The molecule has 1 aromatic carbocycles. The molecule has 0 aliphatic rings. The maximum absolute atomic E-state index is 11.6. The Bertz CT molecular complexity index is 599. The zero-order valence-corrected chi connectivity index (χ0v) is 13.9. The number of ether oxygens (including phenoxy) is 1. The summed E-state index contributed by atoms with van der Waals surface area (Å²) in [6.07, 6.45) is 0.571. The van der Waals surface area contributed by atoms with Crippen LogP contribution in [0.25, 0.3) is 0 Å². The molecule has 112 valence electrons. The van der Waals surface area contributed by atoms with E-state index in [1.54, 1.807) is 19.1 Å². The molecule has 0 saturated heterocycles. The molecule has 0 aliphatic carbocycles. The maximum Gasteiger partial charge on any atom is 0.163 e. The second-order valence-electron chi connectivity index (χ2n) is 4.43. The first-order chi connectivity index (χ1) is 9.26. The molecule has 0 aliphatic heterocycles. The zero-order chi connectivity index (χ0) is 15.3. The molecule has 2 N–H and O–H groups in total. The zero-order valence-electron chi connectivity index (χ0n) is 11.5. The number of halogens is 1. The summed E-state index contributed by atoms with van der Waals surface area (Å²) in [6.45, 7) is 3.19. The normalized spacial score (nSPS) is 11.3. The van der Waals surface area contributed by atoms with Gasteiger partial charge in [-0.05, 0) is 25.5 Å². The molecule has 0 spiro atoms. The molecule has 0 radical (unpaired) electrons. The minimum absolute atomic E-state index is 0.0194. The molecule has 0 bridgehead atoms. The Morgan fingerprint density at radius 2 is 2.00 bits per heavy atom. The highest BCUT2D eigenvalue weighted by molar-refractivity contribution is 9.10. The second kappa shape index (κ2) is 7.08. The summed E-state index contributed by atoms with van der Waals surface area (Å²) in [6, 6.07) is 3.22. The summed E-state index contributed by atoms with van der Waals surface area (Å²) in [5.41, 5.74) is 6.45. The van der Waals surface area contributed by atoms with Gasteiger partial charge in [0.15, 0.2) is 21.4 Å². The molecule has 0 fully saturated rings. The third-order valence-corrected chi connectivity index (χ3v) is 4.89. The van der Waals surface area contributed by atoms with Crippen LogP contribution in [-0.2, 0) is 9.84 Å². The van der Waals surface area contributed by atoms with E-state index in [2.05, 4.69) is 15.9 Å². The summed E-state index contributed by atoms with van der Waals surface area (Å²) >= 11 is 3.25. The van der Waals surface area contributed by atoms with Gasteiger partial charge in [-0.2, -0.15) is 0 Å². The minimum Gasteiger partial charge on any atom is -0.490 e. The van der Waals surface area contributed by atoms with Crippen molar-refractivity contribution < 1.29 is 17.9 Å². The van der Waals surface area contributed by atoms with E-state index in [-0.39, 0.29) is 29.6 Å². The summed E-state index contributed by atoms with van der Waals surface area (Å²) < 4.78 is 29.3. The average molecular weight is 364 g/mol. The fraction of sp³-hybridized carbons (Fsp3) is 0.462. The van der Waals surface area contributed by atoms with Crippen LogP contribution >= 0.6 is 15.9 Å². The quantitative estimate of drug-likeness (QED) is 0.593. The third-order valence-electron chi connectivity index (χ3n) is 2.62. The first-order valence-electron chi connectivity index (χ1n) is 6.20. The molecule has 20 heavy (non-hydrogen) atoms. The summed E-state index contributed by atoms with van der Waals surface area (Å²) in [5, 5.41) is 0. The van der Waals surface area contributed by atoms with Gasteiger partial charge in [-0.3, -0.25) is 4.79 Å². The lowest BCUT2D eigenvalue weighted by molar-refractivity contribution is 0.101. The number of hydrogen-bond acceptors (Lipinski definition) is 5. The van der Waals surface area contributed by atoms with E-state index in [0.717, 1.165) is 0 Å². The van der Waals surface area contributed by atoms with Gasteiger partial charge in [0.1, 0.15) is 6.61 Å². The number of benzene rings is 1. The number of anilines is 1. The Hall–Kier alpha value is -1.08. The standard InChI is InChI=1S/C13H18BrNO4S/c1-3-5-20(17,18)6-4-19-13-11(9(2)16)7-10(14)8-12(13)15/h7-8H,3-6,15H2,1-2H3. The monoisotopic (exact) mass is 363 g/mol. The molecule has 0 amide bonds. The smallest absolute Gasteiger partial charge is 0.163 e. The average Bonchev–Trinajstić information content (AvgIpc) is 2.30. The van der Waals surface area contributed by atoms with Crippen LogP contribution in [0.5, 0.6) is 5.75 Å². The van der Waals surface area contributed by atoms with Gasteiger partial charge in [-0.15, -0.1) is 0 Å². The van der Waals surface area contributed by atoms with Gasteiger partial charge in [-0.25, -0.2) is 8.42 Å². The molecule has 1 aromatic rings. The highest BCUT2D eigenvalue weighted by Gasteiger charge is 2.15. The van der Waals surface area contributed by atoms with E-state index in [1.165, 1.54) is 6.92 Å². The van der Waals surface area contributed by atoms with Gasteiger partial charge < -0.3 is 10.5 Å². The van der Waals surface area contributed by atoms with Crippen molar-refractivity contribution in [1.29, 1.82) is 0 Å². The lowest BCUT2D eigenvalue weighted by atomic mass is 10.1. The SMILES string of the molecule is CCCS(=O)(=O)CCOc1c(N)cc(Br)cc1C(C)=O. The molecule has 0 unspecified atom stereocenters. The van der Waals surface area contributed by atoms with Crippen LogP contribution in [0, 0.1) is 0 Å². The van der Waals surface area contributed by atoms with Gasteiger partial charge >= 0.3 is 0 Å². The molecule has 5 nitrogen and oxygen atoms in total. The fourth-order valence-electron chi connectivity index (χ4n) is 1.72. The van der Waals surface area contributed by atoms with Crippen LogP contribution in [0.3, 0.4) is 0 Å². The predicted molar refractivity (Wildman–Crippen MR) is 83.0 cm³/mol. The van der Waals surface area contributed by atoms with Crippen molar-refractivity contribution in [3.8, 4) is 5.75 Å². The fourth-order valence-corrected chi connectivity index (χ4v) is 3.36. The van der Waals surface area contributed by atoms with Crippen molar-refractivity contribution in [3.63, 3.8) is 0 Å². The molecule has 0 atom stereocenters. The van der Waals surface area contributed by atoms with Crippen LogP contribution < -0.4 is 10.5 Å². The molecule has 7 heteroatoms. The van der Waals surface area contributed by atoms with Gasteiger partial charge in [0.2, 0.25) is 0 Å². The van der Waals surface area contributed by atoms with Crippen molar-refractivity contribution >= 4 is 37.2 Å². The van der Waals surface area contributed by atoms with Crippen LogP contribution in [0.2, 0.25) is 0 Å². The van der Waals surface area contributed by atoms with Crippen molar-refractivity contribution in [2.24, 2.45) is 0 Å². The van der Waals surface area contributed by atoms with Gasteiger partial charge in [0, 0.05) is 4.47 Å². The van der Waals surface area contributed by atoms with E-state index in [1.807, 2.05) is 0 Å². The number of Topliss-reactive ketones (excluding diaryl/α,β-unsaturated/α-hetero) is 1. The summed E-state index contributed by atoms with van der Waals surface area (Å²) in [5.74, 6) is 0.0937. The molecular formula is C13H18BrNO4S. The first kappa shape index (κ1) is 17.0. The highest BCUT2D eigenvalue weighted by Crippen LogP contribution is 2.31. The summed E-state index contributed by atoms with van der Waals surface area (Å²) in [4.78, 5) is 11.6. The number of nitrogens with two attached hydrogens (primary N) is 1. The van der Waals surface area contributed by atoms with Crippen LogP contribution in [0.15, 0.2) is 16.6 Å². The van der Waals surface area contributed by atoms with E-state index in [4.69, 9.17) is 10.5 Å². The van der Waals surface area contributed by atoms with Crippen LogP contribution in [0.4, 0.5) is 5.69 Å². The Morgan fingerprint density at radius 3 is 2.55 bits per heavy atom. The number of carbonyl (C=O) groups is 1. The number of nitrogen functional groups attached to an aromatic ring is 1. The van der Waals surface area contributed by atoms with Gasteiger partial charge in [-0.1, -0.05) is 22.9 Å². The Labute approximate surface area is 127 Å². The van der Waals surface area contributed by atoms with E-state index in [0.29, 0.717) is 22.1 Å². The van der Waals surface area contributed by atoms with Crippen molar-refractivity contribution in [1.82, 2.24) is 0 Å². The number of ketones is 1. The predicted octanol–water partition coefficient (Wildman–Crippen LogP) is 2.44. The summed E-state index contributed by atoms with van der Waals surface area (Å²) in [7, 11) is -3.12. The minimum atomic E-state index is -3.12. The largest absolute Gasteiger partial charge is 0.490 e. The molecule has 1 rings (SSSR count). The van der Waals surface area contributed by atoms with Gasteiger partial charge in [0.25, 0.3) is 0 Å². The van der Waals surface area contributed by atoms with Gasteiger partial charge in [0.05, 0.1) is 22.8 Å². The van der Waals surface area contributed by atoms with Crippen molar-refractivity contribution in [2.75, 3.05) is 23.8 Å². The molecular weight excluding hydrogens is 346 g/mol. The third kappa shape index (κ3) is 4.79. The Balaban J connectivity index is 2.86. The van der Waals surface area contributed by atoms with Crippen molar-refractivity contribution in [2.45, 2.75) is 20.3 Å².